The Bertz CT molecular complexity index is 1430. The number of rotatable bonds is 9. The van der Waals surface area contributed by atoms with Crippen LogP contribution in [0.15, 0.2) is 30.9 Å². The Kier molecular flexibility index (Phi) is 9.11. The van der Waals surface area contributed by atoms with Crippen LogP contribution in [0.2, 0.25) is 0 Å². The predicted octanol–water partition coefficient (Wildman–Crippen LogP) is 2.85. The number of benzene rings is 1. The number of amides is 1. The molecule has 1 aromatic heterocycles. The van der Waals surface area contributed by atoms with Crippen LogP contribution < -0.4 is 19.3 Å². The van der Waals surface area contributed by atoms with Gasteiger partial charge in [-0.3, -0.25) is 9.59 Å². The zero-order valence-electron chi connectivity index (χ0n) is 25.0. The number of ether oxygens (including phenoxy) is 2. The predicted molar refractivity (Wildman–Crippen MR) is 159 cm³/mol. The number of para-hydroxylation sites is 1. The summed E-state index contributed by atoms with van der Waals surface area (Å²) in [6, 6.07) is 6.76. The van der Waals surface area contributed by atoms with Gasteiger partial charge in [-0.05, 0) is 57.5 Å². The Morgan fingerprint density at radius 1 is 1.23 bits per heavy atom. The van der Waals surface area contributed by atoms with E-state index in [-0.39, 0.29) is 47.6 Å². The summed E-state index contributed by atoms with van der Waals surface area (Å²) in [6.45, 7) is 6.14. The summed E-state index contributed by atoms with van der Waals surface area (Å²) in [7, 11) is 5.62. The molecule has 0 saturated carbocycles. The lowest BCUT2D eigenvalue weighted by atomic mass is 9.92. The number of hydrogen-bond donors (Lipinski definition) is 0. The third kappa shape index (κ3) is 6.27. The zero-order chi connectivity index (χ0) is 30.7. The number of anilines is 2. The molecule has 3 atom stereocenters. The van der Waals surface area contributed by atoms with Crippen molar-refractivity contribution in [2.24, 2.45) is 0 Å². The van der Waals surface area contributed by atoms with Crippen molar-refractivity contribution in [1.29, 1.82) is 5.26 Å². The number of likely N-dealkylation sites (tertiary alicyclic amines) is 1. The van der Waals surface area contributed by atoms with E-state index in [1.807, 2.05) is 4.90 Å². The fourth-order valence-electron chi connectivity index (χ4n) is 6.09. The number of nitrogens with zero attached hydrogens (tertiary/aromatic N) is 7. The van der Waals surface area contributed by atoms with Crippen LogP contribution in [-0.2, 0) is 11.2 Å². The van der Waals surface area contributed by atoms with Crippen molar-refractivity contribution in [3.63, 3.8) is 0 Å². The van der Waals surface area contributed by atoms with E-state index in [9.17, 15) is 19.2 Å². The number of hydrogen-bond acceptors (Lipinski definition) is 10. The van der Waals surface area contributed by atoms with Gasteiger partial charge in [0.05, 0.1) is 24.2 Å². The Balaban J connectivity index is 1.47. The van der Waals surface area contributed by atoms with Crippen LogP contribution in [0.4, 0.5) is 15.9 Å². The number of fused-ring (bicyclic) bond motifs is 1. The maximum Gasteiger partial charge on any atom is 0.319 e. The maximum absolute atomic E-state index is 14.9. The number of Topliss-reactive ketones (excluding diaryl/α,β-unsaturated/α-hetero) is 1. The summed E-state index contributed by atoms with van der Waals surface area (Å²) in [5.41, 5.74) is 1.39. The fourth-order valence-corrected chi connectivity index (χ4v) is 6.09. The van der Waals surface area contributed by atoms with Gasteiger partial charge in [-0.1, -0.05) is 12.6 Å². The lowest BCUT2D eigenvalue weighted by Crippen LogP contribution is -2.55. The number of carbonyl (C=O) groups excluding carboxylic acids is 2. The quantitative estimate of drug-likeness (QED) is 0.403. The highest BCUT2D eigenvalue weighted by molar-refractivity contribution is 6.01. The summed E-state index contributed by atoms with van der Waals surface area (Å²) in [5.74, 6) is -0.565. The molecule has 2 aliphatic heterocycles. The van der Waals surface area contributed by atoms with E-state index < -0.39 is 11.9 Å². The fraction of sp³-hybridized carbons (Fsp3) is 0.516. The SMILES string of the molecule is C=CC(=O)N1CCN(c2nc(OCC3CCCN3C)nc3c2CC[C@@H](Oc2c(F)cccc2N(C)C)C3=O)CC1CC#N. The van der Waals surface area contributed by atoms with Crippen LogP contribution in [0, 0.1) is 17.1 Å². The number of nitriles is 1. The number of likely N-dealkylation sites (N-methyl/N-ethyl adjacent to an activating group) is 1. The molecule has 0 spiro atoms. The third-order valence-corrected chi connectivity index (χ3v) is 8.48. The smallest absolute Gasteiger partial charge is 0.319 e. The Hall–Kier alpha value is -4.24. The Morgan fingerprint density at radius 2 is 2.05 bits per heavy atom. The number of halogens is 1. The largest absolute Gasteiger partial charge is 0.477 e. The van der Waals surface area contributed by atoms with Gasteiger partial charge in [0.2, 0.25) is 11.7 Å². The first kappa shape index (κ1) is 30.2. The van der Waals surface area contributed by atoms with Gasteiger partial charge in [0.15, 0.2) is 17.7 Å². The number of piperazine rings is 1. The zero-order valence-corrected chi connectivity index (χ0v) is 25.0. The standard InChI is InChI=1S/C31H38FN7O4/c1-5-26(40)39-17-16-38(18-20(39)13-14-33)30-22-11-12-25(43-29-23(32)9-6-10-24(29)36(2)3)28(41)27(22)34-31(35-30)42-19-21-8-7-15-37(21)4/h5-6,9-10,20-21,25H,1,7-8,11-13,15-19H2,2-4H3/t20?,21?,25-/m1/s1. The van der Waals surface area contributed by atoms with Gasteiger partial charge in [0, 0.05) is 45.3 Å². The van der Waals surface area contributed by atoms with Gasteiger partial charge >= 0.3 is 6.01 Å². The molecule has 1 aliphatic carbocycles. The second-order valence-corrected chi connectivity index (χ2v) is 11.4. The summed E-state index contributed by atoms with van der Waals surface area (Å²) in [6.07, 6.45) is 3.28. The summed E-state index contributed by atoms with van der Waals surface area (Å²) < 4.78 is 27.0. The van der Waals surface area contributed by atoms with E-state index in [2.05, 4.69) is 29.6 Å². The van der Waals surface area contributed by atoms with Crippen molar-refractivity contribution in [2.45, 2.75) is 50.3 Å². The van der Waals surface area contributed by atoms with Crippen molar-refractivity contribution in [3.05, 3.63) is 47.9 Å². The second-order valence-electron chi connectivity index (χ2n) is 11.4. The van der Waals surface area contributed by atoms with Gasteiger partial charge in [0.25, 0.3) is 0 Å². The Labute approximate surface area is 251 Å². The van der Waals surface area contributed by atoms with Crippen LogP contribution in [0.3, 0.4) is 0 Å². The lowest BCUT2D eigenvalue weighted by molar-refractivity contribution is -0.128. The highest BCUT2D eigenvalue weighted by Gasteiger charge is 2.38. The first-order valence-corrected chi connectivity index (χ1v) is 14.7. The number of aromatic nitrogens is 2. The molecule has 3 aliphatic rings. The van der Waals surface area contributed by atoms with Gasteiger partial charge in [-0.15, -0.1) is 0 Å². The first-order valence-electron chi connectivity index (χ1n) is 14.7. The molecule has 1 aromatic carbocycles. The summed E-state index contributed by atoms with van der Waals surface area (Å²) >= 11 is 0. The van der Waals surface area contributed by atoms with Crippen molar-refractivity contribution in [3.8, 4) is 17.8 Å². The third-order valence-electron chi connectivity index (χ3n) is 8.48. The van der Waals surface area contributed by atoms with Crippen LogP contribution in [-0.4, -0.2) is 104 Å². The Morgan fingerprint density at radius 3 is 2.74 bits per heavy atom. The normalized spacial score (nSPS) is 22.1. The average molecular weight is 592 g/mol. The molecular formula is C31H38FN7O4. The van der Waals surface area contributed by atoms with Crippen LogP contribution >= 0.6 is 0 Å². The highest BCUT2D eigenvalue weighted by Crippen LogP contribution is 2.36. The molecule has 2 saturated heterocycles. The molecule has 228 valence electrons. The maximum atomic E-state index is 14.9. The van der Waals surface area contributed by atoms with E-state index in [4.69, 9.17) is 14.5 Å². The molecule has 2 fully saturated rings. The van der Waals surface area contributed by atoms with Gasteiger partial charge in [0.1, 0.15) is 18.1 Å². The van der Waals surface area contributed by atoms with E-state index >= 15 is 0 Å². The monoisotopic (exact) mass is 591 g/mol. The van der Waals surface area contributed by atoms with Crippen molar-refractivity contribution in [1.82, 2.24) is 19.8 Å². The van der Waals surface area contributed by atoms with E-state index in [0.717, 1.165) is 19.4 Å². The van der Waals surface area contributed by atoms with Crippen molar-refractivity contribution >= 4 is 23.2 Å². The van der Waals surface area contributed by atoms with E-state index in [0.29, 0.717) is 56.2 Å². The molecule has 2 unspecified atom stereocenters. The number of carbonyl (C=O) groups is 2. The highest BCUT2D eigenvalue weighted by atomic mass is 19.1. The van der Waals surface area contributed by atoms with E-state index in [1.165, 1.54) is 12.1 Å². The van der Waals surface area contributed by atoms with Crippen molar-refractivity contribution < 1.29 is 23.5 Å². The summed E-state index contributed by atoms with van der Waals surface area (Å²) in [5, 5.41) is 9.47. The average Bonchev–Trinajstić information content (AvgIpc) is 3.42. The molecule has 0 N–H and O–H groups in total. The van der Waals surface area contributed by atoms with Crippen LogP contribution in [0.25, 0.3) is 0 Å². The minimum absolute atomic E-state index is 0.0201. The first-order chi connectivity index (χ1) is 20.7. The molecule has 3 heterocycles. The number of ketones is 1. The minimum Gasteiger partial charge on any atom is -0.477 e. The van der Waals surface area contributed by atoms with Gasteiger partial charge in [-0.2, -0.15) is 15.2 Å². The molecule has 0 radical (unpaired) electrons. The molecule has 12 heteroatoms. The summed E-state index contributed by atoms with van der Waals surface area (Å²) in [4.78, 5) is 43.4. The van der Waals surface area contributed by atoms with E-state index in [1.54, 1.807) is 36.0 Å². The molecule has 5 rings (SSSR count). The second kappa shape index (κ2) is 13.0. The molecule has 11 nitrogen and oxygen atoms in total. The van der Waals surface area contributed by atoms with Gasteiger partial charge in [-0.25, -0.2) is 4.39 Å². The molecule has 1 amide bonds. The molecule has 43 heavy (non-hydrogen) atoms. The van der Waals surface area contributed by atoms with Crippen molar-refractivity contribution in [2.75, 3.05) is 63.7 Å². The topological polar surface area (TPSA) is 115 Å². The molecular weight excluding hydrogens is 553 g/mol. The molecule has 2 aromatic rings. The van der Waals surface area contributed by atoms with Crippen LogP contribution in [0.5, 0.6) is 11.8 Å². The molecule has 0 bridgehead atoms. The van der Waals surface area contributed by atoms with Crippen LogP contribution in [0.1, 0.15) is 41.7 Å². The lowest BCUT2D eigenvalue weighted by Gasteiger charge is -2.41. The minimum atomic E-state index is -0.937. The van der Waals surface area contributed by atoms with Gasteiger partial charge < -0.3 is 29.1 Å².